The molecule has 6 heteroatoms. The first kappa shape index (κ1) is 19.5. The predicted octanol–water partition coefficient (Wildman–Crippen LogP) is 2.77. The van der Waals surface area contributed by atoms with Gasteiger partial charge in [-0.3, -0.25) is 0 Å². The van der Waals surface area contributed by atoms with E-state index in [1.54, 1.807) is 0 Å². The van der Waals surface area contributed by atoms with Crippen LogP contribution in [0.15, 0.2) is 34.2 Å². The maximum Gasteiger partial charge on any atom is 0.116 e. The lowest BCUT2D eigenvalue weighted by Crippen LogP contribution is -2.46. The van der Waals surface area contributed by atoms with E-state index in [0.29, 0.717) is 5.41 Å². The van der Waals surface area contributed by atoms with Crippen LogP contribution in [0.1, 0.15) is 39.0 Å². The van der Waals surface area contributed by atoms with Crippen LogP contribution in [0.25, 0.3) is 0 Å². The van der Waals surface area contributed by atoms with E-state index in [-0.39, 0.29) is 0 Å². The third kappa shape index (κ3) is 4.51. The summed E-state index contributed by atoms with van der Waals surface area (Å²) in [5, 5.41) is 6.51. The second-order valence-corrected chi connectivity index (χ2v) is 8.24. The maximum atomic E-state index is 8.81. The number of nitrogens with one attached hydrogen (secondary N) is 2. The number of aldehydes is 1. The first-order chi connectivity index (χ1) is 12.5. The molecule has 0 radical (unpaired) electrons. The molecule has 3 fully saturated rings. The molecule has 2 bridgehead atoms. The highest BCUT2D eigenvalue weighted by Crippen LogP contribution is 2.41. The van der Waals surface area contributed by atoms with Crippen molar-refractivity contribution in [2.45, 2.75) is 39.0 Å². The summed E-state index contributed by atoms with van der Waals surface area (Å²) in [7, 11) is 2.10. The molecule has 3 aliphatic heterocycles. The molecule has 0 unspecified atom stereocenters. The Bertz CT molecular complexity index is 609. The standard InChI is InChI=1S/C18H27ClN4.C2H4O/c1-22-13-14-10-16(21-22)11-15(19)12-17(14)23-8-4-18(5-9-23)2-6-20-7-3-18;1-2-3/h11-12,20-21H,2-10,13H2,1H3;2H,1H3. The zero-order chi connectivity index (χ0) is 18.6. The maximum absolute atomic E-state index is 8.81. The molecule has 1 spiro atoms. The van der Waals surface area contributed by atoms with Gasteiger partial charge in [0.05, 0.1) is 0 Å². The monoisotopic (exact) mass is 378 g/mol. The van der Waals surface area contributed by atoms with Crippen molar-refractivity contribution in [1.29, 1.82) is 0 Å². The van der Waals surface area contributed by atoms with Gasteiger partial charge in [0.25, 0.3) is 0 Å². The fraction of sp³-hybridized carbons (Fsp3) is 0.650. The molecule has 26 heavy (non-hydrogen) atoms. The van der Waals surface area contributed by atoms with E-state index in [4.69, 9.17) is 16.4 Å². The van der Waals surface area contributed by atoms with E-state index in [0.717, 1.165) is 24.3 Å². The Morgan fingerprint density at radius 3 is 2.46 bits per heavy atom. The lowest BCUT2D eigenvalue weighted by Gasteiger charge is -2.46. The molecule has 4 rings (SSSR count). The van der Waals surface area contributed by atoms with Crippen molar-refractivity contribution in [2.24, 2.45) is 5.41 Å². The Labute approximate surface area is 162 Å². The largest absolute Gasteiger partial charge is 0.371 e. The molecule has 5 nitrogen and oxygen atoms in total. The quantitative estimate of drug-likeness (QED) is 0.687. The summed E-state index contributed by atoms with van der Waals surface area (Å²) >= 11 is 6.45. The highest BCUT2D eigenvalue weighted by atomic mass is 35.5. The molecular formula is C20H31ClN4O. The van der Waals surface area contributed by atoms with Crippen molar-refractivity contribution in [2.75, 3.05) is 39.8 Å². The van der Waals surface area contributed by atoms with E-state index in [1.807, 2.05) is 0 Å². The average Bonchev–Trinajstić information content (AvgIpc) is 2.72. The number of halogens is 1. The number of hydrogen-bond acceptors (Lipinski definition) is 5. The van der Waals surface area contributed by atoms with Crippen LogP contribution in [-0.4, -0.2) is 56.0 Å². The number of hydrogen-bond donors (Lipinski definition) is 2. The number of carbonyl (C=O) groups excluding carboxylic acids is 1. The second kappa shape index (κ2) is 8.59. The Morgan fingerprint density at radius 1 is 1.15 bits per heavy atom. The van der Waals surface area contributed by atoms with Gasteiger partial charge in [-0.1, -0.05) is 11.6 Å². The number of likely N-dealkylation sites (tertiary alicyclic amines) is 1. The molecular weight excluding hydrogens is 348 g/mol. The van der Waals surface area contributed by atoms with Crippen LogP contribution in [0.2, 0.25) is 0 Å². The van der Waals surface area contributed by atoms with Crippen LogP contribution in [0.3, 0.4) is 0 Å². The third-order valence-electron chi connectivity index (χ3n) is 5.94. The first-order valence-corrected chi connectivity index (χ1v) is 10.1. The van der Waals surface area contributed by atoms with Crippen molar-refractivity contribution in [3.05, 3.63) is 34.2 Å². The molecule has 144 valence electrons. The van der Waals surface area contributed by atoms with Crippen LogP contribution < -0.4 is 10.7 Å². The van der Waals surface area contributed by atoms with Crippen molar-refractivity contribution >= 4 is 17.9 Å². The molecule has 0 aromatic heterocycles. The van der Waals surface area contributed by atoms with Gasteiger partial charge in [0.15, 0.2) is 0 Å². The number of piperidine rings is 2. The zero-order valence-corrected chi connectivity index (χ0v) is 16.7. The smallest absolute Gasteiger partial charge is 0.116 e. The molecule has 0 saturated carbocycles. The van der Waals surface area contributed by atoms with Crippen molar-refractivity contribution in [3.8, 4) is 0 Å². The van der Waals surface area contributed by atoms with Crippen LogP contribution in [0.4, 0.5) is 0 Å². The number of carbonyl (C=O) groups is 1. The minimum Gasteiger partial charge on any atom is -0.371 e. The van der Waals surface area contributed by atoms with Crippen molar-refractivity contribution < 1.29 is 4.79 Å². The Morgan fingerprint density at radius 2 is 1.81 bits per heavy atom. The van der Waals surface area contributed by atoms with E-state index in [9.17, 15) is 0 Å². The average molecular weight is 379 g/mol. The number of allylic oxidation sites excluding steroid dienone is 4. The van der Waals surface area contributed by atoms with Crippen LogP contribution in [0, 0.1) is 5.41 Å². The number of likely N-dealkylation sites (N-methyl/N-ethyl adjacent to an activating group) is 1. The fourth-order valence-electron chi connectivity index (χ4n) is 4.59. The summed E-state index contributed by atoms with van der Waals surface area (Å²) in [6.07, 6.45) is 11.4. The van der Waals surface area contributed by atoms with E-state index >= 15 is 0 Å². The van der Waals surface area contributed by atoms with Gasteiger partial charge in [0.2, 0.25) is 0 Å². The Kier molecular flexibility index (Phi) is 6.43. The Hall–Kier alpha value is -1.30. The summed E-state index contributed by atoms with van der Waals surface area (Å²) in [5.41, 5.74) is 8.07. The van der Waals surface area contributed by atoms with Gasteiger partial charge in [-0.25, -0.2) is 5.01 Å². The molecule has 0 aromatic rings. The van der Waals surface area contributed by atoms with Crippen LogP contribution >= 0.6 is 11.6 Å². The van der Waals surface area contributed by atoms with Gasteiger partial charge in [0.1, 0.15) is 6.29 Å². The summed E-state index contributed by atoms with van der Waals surface area (Å²) in [6, 6.07) is 0. The molecule has 3 heterocycles. The minimum atomic E-state index is 0.597. The highest BCUT2D eigenvalue weighted by Gasteiger charge is 2.36. The summed E-state index contributed by atoms with van der Waals surface area (Å²) in [5.74, 6) is 0. The molecule has 0 atom stereocenters. The minimum absolute atomic E-state index is 0.597. The second-order valence-electron chi connectivity index (χ2n) is 7.80. The number of hydrazine groups is 1. The summed E-state index contributed by atoms with van der Waals surface area (Å²) < 4.78 is 0. The van der Waals surface area contributed by atoms with Crippen LogP contribution in [-0.2, 0) is 4.79 Å². The van der Waals surface area contributed by atoms with Gasteiger partial charge in [0, 0.05) is 49.5 Å². The van der Waals surface area contributed by atoms with E-state index in [2.05, 4.69) is 39.9 Å². The molecule has 1 aliphatic carbocycles. The van der Waals surface area contributed by atoms with Gasteiger partial charge in [-0.15, -0.1) is 0 Å². The van der Waals surface area contributed by atoms with Crippen molar-refractivity contribution in [3.63, 3.8) is 0 Å². The molecule has 0 amide bonds. The van der Waals surface area contributed by atoms with Gasteiger partial charge in [-0.2, -0.15) is 0 Å². The SMILES string of the molecule is CC=O.CN1CC2=C(N3CCC4(CCNCC4)CC3)C=C(Cl)C=C(C2)N1. The fourth-order valence-corrected chi connectivity index (χ4v) is 4.82. The topological polar surface area (TPSA) is 47.6 Å². The number of rotatable bonds is 1. The van der Waals surface area contributed by atoms with E-state index < -0.39 is 0 Å². The molecule has 0 aromatic carbocycles. The predicted molar refractivity (Wildman–Crippen MR) is 107 cm³/mol. The van der Waals surface area contributed by atoms with Gasteiger partial charge in [-0.05, 0) is 68.8 Å². The lowest BCUT2D eigenvalue weighted by molar-refractivity contribution is -0.106. The van der Waals surface area contributed by atoms with Crippen molar-refractivity contribution in [1.82, 2.24) is 20.7 Å². The van der Waals surface area contributed by atoms with Gasteiger partial charge >= 0.3 is 0 Å². The normalized spacial score (nSPS) is 25.4. The first-order valence-electron chi connectivity index (χ1n) is 9.68. The van der Waals surface area contributed by atoms with Crippen LogP contribution in [0.5, 0.6) is 0 Å². The van der Waals surface area contributed by atoms with E-state index in [1.165, 1.54) is 75.8 Å². The lowest BCUT2D eigenvalue weighted by atomic mass is 9.71. The molecule has 3 saturated heterocycles. The number of fused-ring (bicyclic) bond motifs is 2. The molecule has 2 N–H and O–H groups in total. The zero-order valence-electron chi connectivity index (χ0n) is 16.0. The summed E-state index contributed by atoms with van der Waals surface area (Å²) in [4.78, 5) is 11.4. The molecule has 4 aliphatic rings. The Balaban J connectivity index is 0.000000613. The third-order valence-corrected chi connectivity index (χ3v) is 6.16. The number of nitrogens with zero attached hydrogens (tertiary/aromatic N) is 2. The summed E-state index contributed by atoms with van der Waals surface area (Å²) in [6.45, 7) is 7.16. The van der Waals surface area contributed by atoms with Gasteiger partial charge < -0.3 is 20.4 Å². The highest BCUT2D eigenvalue weighted by molar-refractivity contribution is 6.31.